The van der Waals surface area contributed by atoms with Gasteiger partial charge in [0.1, 0.15) is 0 Å². The Hall–Kier alpha value is -0.280. The zero-order valence-corrected chi connectivity index (χ0v) is 6.41. The van der Waals surface area contributed by atoms with Gasteiger partial charge in [-0.1, -0.05) is 0 Å². The molecule has 0 aromatic rings. The number of rotatable bonds is 0. The Labute approximate surface area is 66.0 Å². The van der Waals surface area contributed by atoms with E-state index in [1.54, 1.807) is 0 Å². The summed E-state index contributed by atoms with van der Waals surface area (Å²) >= 11 is 0. The number of amides is 1. The predicted molar refractivity (Wildman–Crippen MR) is 40.1 cm³/mol. The van der Waals surface area contributed by atoms with Gasteiger partial charge in [-0.15, -0.1) is 12.4 Å². The van der Waals surface area contributed by atoms with Gasteiger partial charge in [0.2, 0.25) is 5.91 Å². The number of hydrogen-bond donors (Lipinski definition) is 2. The van der Waals surface area contributed by atoms with Crippen LogP contribution >= 0.6 is 12.4 Å². The van der Waals surface area contributed by atoms with E-state index < -0.39 is 0 Å². The van der Waals surface area contributed by atoms with Gasteiger partial charge in [0.15, 0.2) is 0 Å². The van der Waals surface area contributed by atoms with Gasteiger partial charge in [-0.3, -0.25) is 4.79 Å². The normalized spacial score (nSPS) is 36.6. The molecule has 0 saturated carbocycles. The molecule has 2 fully saturated rings. The Morgan fingerprint density at radius 2 is 2.10 bits per heavy atom. The lowest BCUT2D eigenvalue weighted by molar-refractivity contribution is -0.122. The fourth-order valence-corrected chi connectivity index (χ4v) is 1.62. The van der Waals surface area contributed by atoms with Crippen molar-refractivity contribution in [3.05, 3.63) is 0 Å². The van der Waals surface area contributed by atoms with E-state index in [2.05, 4.69) is 10.6 Å². The van der Waals surface area contributed by atoms with Crippen molar-refractivity contribution in [2.24, 2.45) is 11.8 Å². The molecule has 0 aromatic carbocycles. The monoisotopic (exact) mass is 162 g/mol. The molecule has 0 spiro atoms. The minimum Gasteiger partial charge on any atom is -0.355 e. The Kier molecular flexibility index (Phi) is 2.16. The summed E-state index contributed by atoms with van der Waals surface area (Å²) in [7, 11) is 0. The Morgan fingerprint density at radius 1 is 1.30 bits per heavy atom. The quantitative estimate of drug-likeness (QED) is 0.498. The highest BCUT2D eigenvalue weighted by Gasteiger charge is 2.37. The van der Waals surface area contributed by atoms with Gasteiger partial charge < -0.3 is 10.6 Å². The smallest absolute Gasteiger partial charge is 0.224 e. The minimum absolute atomic E-state index is 0. The second-order valence-electron chi connectivity index (χ2n) is 2.77. The van der Waals surface area contributed by atoms with E-state index in [1.165, 1.54) is 0 Å². The van der Waals surface area contributed by atoms with Crippen molar-refractivity contribution in [1.82, 2.24) is 10.6 Å². The van der Waals surface area contributed by atoms with E-state index in [-0.39, 0.29) is 24.2 Å². The summed E-state index contributed by atoms with van der Waals surface area (Å²) < 4.78 is 0. The number of nitrogens with one attached hydrogen (secondary N) is 2. The van der Waals surface area contributed by atoms with Crippen LogP contribution in [0.1, 0.15) is 0 Å². The summed E-state index contributed by atoms with van der Waals surface area (Å²) in [5.41, 5.74) is 0. The van der Waals surface area contributed by atoms with Crippen LogP contribution in [0.2, 0.25) is 0 Å². The van der Waals surface area contributed by atoms with Crippen molar-refractivity contribution >= 4 is 18.3 Å². The van der Waals surface area contributed by atoms with Gasteiger partial charge in [0.25, 0.3) is 0 Å². The second kappa shape index (κ2) is 2.76. The third-order valence-electron chi connectivity index (χ3n) is 2.22. The first-order valence-electron chi connectivity index (χ1n) is 3.36. The number of carbonyl (C=O) groups excluding carboxylic acids is 1. The SMILES string of the molecule is Cl.O=C1NC[C@H]2CNC[C@@H]12. The van der Waals surface area contributed by atoms with Crippen LogP contribution in [0.25, 0.3) is 0 Å². The molecule has 2 saturated heterocycles. The van der Waals surface area contributed by atoms with Crippen LogP contribution in [-0.4, -0.2) is 25.5 Å². The average molecular weight is 163 g/mol. The molecular weight excluding hydrogens is 152 g/mol. The van der Waals surface area contributed by atoms with Gasteiger partial charge in [-0.05, 0) is 0 Å². The predicted octanol–water partition coefficient (Wildman–Crippen LogP) is -0.626. The molecule has 4 heteroatoms. The summed E-state index contributed by atoms with van der Waals surface area (Å²) in [6.07, 6.45) is 0. The lowest BCUT2D eigenvalue weighted by Gasteiger charge is -1.98. The first-order valence-corrected chi connectivity index (χ1v) is 3.36. The van der Waals surface area contributed by atoms with Crippen molar-refractivity contribution in [3.63, 3.8) is 0 Å². The van der Waals surface area contributed by atoms with Crippen molar-refractivity contribution < 1.29 is 4.79 Å². The van der Waals surface area contributed by atoms with Crippen molar-refractivity contribution in [1.29, 1.82) is 0 Å². The van der Waals surface area contributed by atoms with Gasteiger partial charge in [-0.25, -0.2) is 0 Å². The van der Waals surface area contributed by atoms with Crippen LogP contribution in [0.15, 0.2) is 0 Å². The standard InChI is InChI=1S/C6H10N2O.ClH/c9-6-5-3-7-1-4(5)2-8-6;/h4-5,7H,1-3H2,(H,8,9);1H/t4-,5-;/m1./s1. The van der Waals surface area contributed by atoms with E-state index in [0.717, 1.165) is 19.6 Å². The third kappa shape index (κ3) is 0.995. The van der Waals surface area contributed by atoms with Crippen LogP contribution in [-0.2, 0) is 4.79 Å². The number of hydrogen-bond acceptors (Lipinski definition) is 2. The van der Waals surface area contributed by atoms with E-state index in [0.29, 0.717) is 5.92 Å². The molecule has 3 nitrogen and oxygen atoms in total. The topological polar surface area (TPSA) is 41.1 Å². The zero-order valence-electron chi connectivity index (χ0n) is 5.59. The van der Waals surface area contributed by atoms with E-state index >= 15 is 0 Å². The number of halogens is 1. The lowest BCUT2D eigenvalue weighted by Crippen LogP contribution is -2.24. The van der Waals surface area contributed by atoms with Crippen LogP contribution < -0.4 is 10.6 Å². The molecule has 2 atom stereocenters. The van der Waals surface area contributed by atoms with E-state index in [1.807, 2.05) is 0 Å². The summed E-state index contributed by atoms with van der Waals surface area (Å²) in [5, 5.41) is 6.04. The van der Waals surface area contributed by atoms with Gasteiger partial charge >= 0.3 is 0 Å². The molecule has 0 aromatic heterocycles. The maximum Gasteiger partial charge on any atom is 0.224 e. The van der Waals surface area contributed by atoms with Crippen molar-refractivity contribution in [2.75, 3.05) is 19.6 Å². The highest BCUT2D eigenvalue weighted by Crippen LogP contribution is 2.20. The summed E-state index contributed by atoms with van der Waals surface area (Å²) in [5.74, 6) is 1.10. The van der Waals surface area contributed by atoms with Gasteiger partial charge in [-0.2, -0.15) is 0 Å². The van der Waals surface area contributed by atoms with Crippen LogP contribution in [0, 0.1) is 11.8 Å². The third-order valence-corrected chi connectivity index (χ3v) is 2.22. The summed E-state index contributed by atoms with van der Waals surface area (Å²) in [4.78, 5) is 10.9. The van der Waals surface area contributed by atoms with Gasteiger partial charge in [0.05, 0.1) is 5.92 Å². The molecule has 2 heterocycles. The average Bonchev–Trinajstić information content (AvgIpc) is 2.35. The molecule has 0 aliphatic carbocycles. The lowest BCUT2D eigenvalue weighted by atomic mass is 10.0. The molecule has 1 amide bonds. The van der Waals surface area contributed by atoms with Crippen molar-refractivity contribution in [2.45, 2.75) is 0 Å². The minimum atomic E-state index is 0. The van der Waals surface area contributed by atoms with Crippen LogP contribution in [0.5, 0.6) is 0 Å². The Morgan fingerprint density at radius 3 is 2.80 bits per heavy atom. The fraction of sp³-hybridized carbons (Fsp3) is 0.833. The molecular formula is C6H11ClN2O. The van der Waals surface area contributed by atoms with Gasteiger partial charge in [0, 0.05) is 25.6 Å². The van der Waals surface area contributed by atoms with Crippen molar-refractivity contribution in [3.8, 4) is 0 Å². The first kappa shape index (κ1) is 7.82. The summed E-state index contributed by atoms with van der Waals surface area (Å²) in [6, 6.07) is 0. The first-order chi connectivity index (χ1) is 4.38. The molecule has 2 N–H and O–H groups in total. The molecule has 0 bridgehead atoms. The van der Waals surface area contributed by atoms with E-state index in [9.17, 15) is 4.79 Å². The fourth-order valence-electron chi connectivity index (χ4n) is 1.62. The molecule has 2 aliphatic heterocycles. The molecule has 0 radical (unpaired) electrons. The van der Waals surface area contributed by atoms with Crippen LogP contribution in [0.4, 0.5) is 0 Å². The Bertz CT molecular complexity index is 151. The zero-order chi connectivity index (χ0) is 6.27. The molecule has 2 rings (SSSR count). The molecule has 58 valence electrons. The second-order valence-corrected chi connectivity index (χ2v) is 2.77. The number of carbonyl (C=O) groups is 1. The number of fused-ring (bicyclic) bond motifs is 1. The van der Waals surface area contributed by atoms with Crippen LogP contribution in [0.3, 0.4) is 0 Å². The molecule has 2 aliphatic rings. The molecule has 0 unspecified atom stereocenters. The molecule has 10 heavy (non-hydrogen) atoms. The highest BCUT2D eigenvalue weighted by atomic mass is 35.5. The Balaban J connectivity index is 0.000000500. The highest BCUT2D eigenvalue weighted by molar-refractivity contribution is 5.85. The van der Waals surface area contributed by atoms with E-state index in [4.69, 9.17) is 0 Å². The maximum atomic E-state index is 10.9. The summed E-state index contributed by atoms with van der Waals surface area (Å²) in [6.45, 7) is 2.79. The maximum absolute atomic E-state index is 10.9. The largest absolute Gasteiger partial charge is 0.355 e.